The number of rotatable bonds is 4. The average Bonchev–Trinajstić information content (AvgIpc) is 3.22. The number of para-hydroxylation sites is 1. The number of aryl methyl sites for hydroxylation is 4. The van der Waals surface area contributed by atoms with Gasteiger partial charge in [0.2, 0.25) is 17.7 Å². The molecule has 4 rings (SSSR count). The molecule has 2 aromatic heterocycles. The Morgan fingerprint density at radius 1 is 1.07 bits per heavy atom. The van der Waals surface area contributed by atoms with E-state index < -0.39 is 0 Å². The monoisotopic (exact) mass is 374 g/mol. The van der Waals surface area contributed by atoms with Crippen molar-refractivity contribution in [2.75, 3.05) is 5.32 Å². The first-order chi connectivity index (χ1) is 13.4. The van der Waals surface area contributed by atoms with Crippen molar-refractivity contribution in [2.24, 2.45) is 0 Å². The van der Waals surface area contributed by atoms with Crippen LogP contribution in [0.5, 0.6) is 0 Å². The van der Waals surface area contributed by atoms with Gasteiger partial charge in [-0.3, -0.25) is 4.79 Å². The van der Waals surface area contributed by atoms with Crippen LogP contribution in [-0.4, -0.2) is 20.7 Å². The Balaban J connectivity index is 1.66. The molecule has 142 valence electrons. The molecule has 0 atom stereocenters. The summed E-state index contributed by atoms with van der Waals surface area (Å²) in [6.45, 7) is 8.03. The first-order valence-corrected chi connectivity index (χ1v) is 9.18. The van der Waals surface area contributed by atoms with E-state index >= 15 is 0 Å². The van der Waals surface area contributed by atoms with Gasteiger partial charge in [-0.25, -0.2) is 0 Å². The third-order valence-electron chi connectivity index (χ3n) is 4.80. The van der Waals surface area contributed by atoms with Crippen LogP contribution in [0.4, 0.5) is 5.69 Å². The van der Waals surface area contributed by atoms with Crippen molar-refractivity contribution in [3.8, 4) is 11.5 Å². The van der Waals surface area contributed by atoms with E-state index in [2.05, 4.69) is 34.6 Å². The molecule has 28 heavy (non-hydrogen) atoms. The fraction of sp³-hybridized carbons (Fsp3) is 0.227. The number of hydrogen-bond donors (Lipinski definition) is 1. The van der Waals surface area contributed by atoms with Gasteiger partial charge < -0.3 is 14.3 Å². The van der Waals surface area contributed by atoms with Crippen LogP contribution in [0.1, 0.15) is 22.6 Å². The second-order valence-corrected chi connectivity index (χ2v) is 7.14. The lowest BCUT2D eigenvalue weighted by molar-refractivity contribution is -0.116. The summed E-state index contributed by atoms with van der Waals surface area (Å²) in [7, 11) is 0. The molecular weight excluding hydrogens is 352 g/mol. The highest BCUT2D eigenvalue weighted by molar-refractivity contribution is 5.97. The molecule has 2 aromatic carbocycles. The molecule has 0 radical (unpaired) electrons. The summed E-state index contributed by atoms with van der Waals surface area (Å²) in [6.07, 6.45) is 1.89. The van der Waals surface area contributed by atoms with Crippen LogP contribution < -0.4 is 5.32 Å². The third kappa shape index (κ3) is 3.29. The first kappa shape index (κ1) is 18.0. The van der Waals surface area contributed by atoms with Gasteiger partial charge in [-0.2, -0.15) is 0 Å². The van der Waals surface area contributed by atoms with E-state index in [1.807, 2.05) is 48.9 Å². The molecule has 0 bridgehead atoms. The van der Waals surface area contributed by atoms with Crippen LogP contribution in [-0.2, 0) is 11.3 Å². The molecule has 6 heteroatoms. The summed E-state index contributed by atoms with van der Waals surface area (Å²) in [4.78, 5) is 12.8. The van der Waals surface area contributed by atoms with Crippen LogP contribution in [0.2, 0.25) is 0 Å². The van der Waals surface area contributed by atoms with E-state index in [0.717, 1.165) is 33.3 Å². The Morgan fingerprint density at radius 2 is 1.79 bits per heavy atom. The normalized spacial score (nSPS) is 11.1. The largest absolute Gasteiger partial charge is 0.421 e. The number of fused-ring (bicyclic) bond motifs is 1. The molecule has 0 saturated heterocycles. The standard InChI is InChI=1S/C22H22N4O2/c1-13-9-14(2)21(15(3)10-13)23-20(27)12-26-11-18(22-25-24-16(4)28-22)17-7-5-6-8-19(17)26/h5-11H,12H2,1-4H3,(H,23,27). The van der Waals surface area contributed by atoms with Crippen molar-refractivity contribution < 1.29 is 9.21 Å². The molecule has 0 spiro atoms. The van der Waals surface area contributed by atoms with Crippen LogP contribution >= 0.6 is 0 Å². The fourth-order valence-electron chi connectivity index (χ4n) is 3.66. The Kier molecular flexibility index (Phi) is 4.47. The van der Waals surface area contributed by atoms with Crippen molar-refractivity contribution in [3.63, 3.8) is 0 Å². The predicted molar refractivity (Wildman–Crippen MR) is 109 cm³/mol. The van der Waals surface area contributed by atoms with Crippen molar-refractivity contribution >= 4 is 22.5 Å². The number of carbonyl (C=O) groups is 1. The topological polar surface area (TPSA) is 73.0 Å². The lowest BCUT2D eigenvalue weighted by Crippen LogP contribution is -2.19. The second-order valence-electron chi connectivity index (χ2n) is 7.14. The number of amides is 1. The highest BCUT2D eigenvalue weighted by Crippen LogP contribution is 2.30. The number of hydrogen-bond acceptors (Lipinski definition) is 4. The maximum Gasteiger partial charge on any atom is 0.249 e. The summed E-state index contributed by atoms with van der Waals surface area (Å²) in [5.74, 6) is 0.886. The predicted octanol–water partition coefficient (Wildman–Crippen LogP) is 4.56. The van der Waals surface area contributed by atoms with E-state index in [1.54, 1.807) is 6.92 Å². The average molecular weight is 374 g/mol. The molecule has 1 N–H and O–H groups in total. The number of carbonyl (C=O) groups excluding carboxylic acids is 1. The van der Waals surface area contributed by atoms with Crippen LogP contribution in [0.25, 0.3) is 22.4 Å². The molecule has 0 aliphatic carbocycles. The quantitative estimate of drug-likeness (QED) is 0.568. The van der Waals surface area contributed by atoms with Gasteiger partial charge in [0.1, 0.15) is 6.54 Å². The van der Waals surface area contributed by atoms with Crippen molar-refractivity contribution in [2.45, 2.75) is 34.2 Å². The Hall–Kier alpha value is -3.41. The number of aromatic nitrogens is 3. The van der Waals surface area contributed by atoms with E-state index in [9.17, 15) is 4.79 Å². The van der Waals surface area contributed by atoms with Crippen molar-refractivity contribution in [1.82, 2.24) is 14.8 Å². The summed E-state index contributed by atoms with van der Waals surface area (Å²) in [5, 5.41) is 12.1. The molecule has 0 unspecified atom stereocenters. The highest BCUT2D eigenvalue weighted by Gasteiger charge is 2.17. The molecule has 0 saturated carbocycles. The number of benzene rings is 2. The smallest absolute Gasteiger partial charge is 0.249 e. The van der Waals surface area contributed by atoms with Crippen LogP contribution in [0, 0.1) is 27.7 Å². The Morgan fingerprint density at radius 3 is 2.46 bits per heavy atom. The van der Waals surface area contributed by atoms with E-state index in [-0.39, 0.29) is 12.5 Å². The van der Waals surface area contributed by atoms with E-state index in [4.69, 9.17) is 4.42 Å². The summed E-state index contributed by atoms with van der Waals surface area (Å²) in [5.41, 5.74) is 5.95. The molecule has 2 heterocycles. The van der Waals surface area contributed by atoms with Gasteiger partial charge in [-0.1, -0.05) is 35.9 Å². The van der Waals surface area contributed by atoms with Gasteiger partial charge in [0.05, 0.1) is 5.56 Å². The molecule has 0 aliphatic rings. The minimum Gasteiger partial charge on any atom is -0.421 e. The number of anilines is 1. The molecule has 1 amide bonds. The Labute approximate surface area is 163 Å². The van der Waals surface area contributed by atoms with Crippen LogP contribution in [0.3, 0.4) is 0 Å². The zero-order valence-corrected chi connectivity index (χ0v) is 16.4. The third-order valence-corrected chi connectivity index (χ3v) is 4.80. The maximum atomic E-state index is 12.8. The molecule has 0 aliphatic heterocycles. The Bertz CT molecular complexity index is 1160. The molecule has 6 nitrogen and oxygen atoms in total. The van der Waals surface area contributed by atoms with E-state index in [1.165, 1.54) is 5.56 Å². The molecule has 0 fully saturated rings. The lowest BCUT2D eigenvalue weighted by Gasteiger charge is -2.13. The minimum atomic E-state index is -0.0796. The van der Waals surface area contributed by atoms with Gasteiger partial charge in [0.25, 0.3) is 0 Å². The summed E-state index contributed by atoms with van der Waals surface area (Å²) >= 11 is 0. The SMILES string of the molecule is Cc1cc(C)c(NC(=O)Cn2cc(-c3nnc(C)o3)c3ccccc32)c(C)c1. The summed E-state index contributed by atoms with van der Waals surface area (Å²) < 4.78 is 7.51. The zero-order chi connectivity index (χ0) is 19.8. The first-order valence-electron chi connectivity index (χ1n) is 9.18. The fourth-order valence-corrected chi connectivity index (χ4v) is 3.66. The number of nitrogens with one attached hydrogen (secondary N) is 1. The molecule has 4 aromatic rings. The van der Waals surface area contributed by atoms with Crippen LogP contribution in [0.15, 0.2) is 47.0 Å². The van der Waals surface area contributed by atoms with Gasteiger partial charge in [-0.05, 0) is 38.0 Å². The van der Waals surface area contributed by atoms with Gasteiger partial charge >= 0.3 is 0 Å². The summed E-state index contributed by atoms with van der Waals surface area (Å²) in [6, 6.07) is 12.0. The molecular formula is C22H22N4O2. The van der Waals surface area contributed by atoms with Gasteiger partial charge in [0, 0.05) is 29.7 Å². The van der Waals surface area contributed by atoms with Gasteiger partial charge in [0.15, 0.2) is 0 Å². The number of nitrogens with zero attached hydrogens (tertiary/aromatic N) is 3. The minimum absolute atomic E-state index is 0.0796. The lowest BCUT2D eigenvalue weighted by atomic mass is 10.1. The second kappa shape index (κ2) is 6.96. The van der Waals surface area contributed by atoms with Crippen molar-refractivity contribution in [1.29, 1.82) is 0 Å². The highest BCUT2D eigenvalue weighted by atomic mass is 16.4. The van der Waals surface area contributed by atoms with E-state index in [0.29, 0.717) is 11.8 Å². The zero-order valence-electron chi connectivity index (χ0n) is 16.4. The van der Waals surface area contributed by atoms with Gasteiger partial charge in [-0.15, -0.1) is 10.2 Å². The van der Waals surface area contributed by atoms with Crippen molar-refractivity contribution in [3.05, 3.63) is 65.2 Å². The maximum absolute atomic E-state index is 12.8.